The summed E-state index contributed by atoms with van der Waals surface area (Å²) in [5.41, 5.74) is 0.477. The molecule has 0 aromatic carbocycles. The third-order valence-corrected chi connectivity index (χ3v) is 2.98. The van der Waals surface area contributed by atoms with E-state index in [1.54, 1.807) is 18.2 Å². The van der Waals surface area contributed by atoms with Gasteiger partial charge in [0.05, 0.1) is 5.00 Å². The Labute approximate surface area is 101 Å². The second kappa shape index (κ2) is 4.75. The SMILES string of the molecule is O=C(Nc1ccc(C(=O)O)s1)c1ccncc1. The molecular weight excluding hydrogens is 240 g/mol. The first-order chi connectivity index (χ1) is 8.16. The molecule has 2 rings (SSSR count). The van der Waals surface area contributed by atoms with Crippen molar-refractivity contribution in [2.45, 2.75) is 0 Å². The van der Waals surface area contributed by atoms with E-state index in [9.17, 15) is 9.59 Å². The normalized spacial score (nSPS) is 9.88. The first kappa shape index (κ1) is 11.3. The van der Waals surface area contributed by atoms with Crippen LogP contribution in [0.4, 0.5) is 5.00 Å². The van der Waals surface area contributed by atoms with E-state index in [1.807, 2.05) is 0 Å². The topological polar surface area (TPSA) is 79.3 Å². The van der Waals surface area contributed by atoms with E-state index in [2.05, 4.69) is 10.3 Å². The van der Waals surface area contributed by atoms with Crippen molar-refractivity contribution >= 4 is 28.2 Å². The summed E-state index contributed by atoms with van der Waals surface area (Å²) >= 11 is 1.02. The van der Waals surface area contributed by atoms with Gasteiger partial charge < -0.3 is 10.4 Å². The molecule has 0 spiro atoms. The van der Waals surface area contributed by atoms with Crippen molar-refractivity contribution in [3.05, 3.63) is 47.1 Å². The maximum absolute atomic E-state index is 11.7. The molecule has 0 bridgehead atoms. The quantitative estimate of drug-likeness (QED) is 0.871. The highest BCUT2D eigenvalue weighted by Gasteiger charge is 2.10. The van der Waals surface area contributed by atoms with Crippen LogP contribution in [0.25, 0.3) is 0 Å². The van der Waals surface area contributed by atoms with Crippen LogP contribution >= 0.6 is 11.3 Å². The van der Waals surface area contributed by atoms with Crippen LogP contribution in [0, 0.1) is 0 Å². The van der Waals surface area contributed by atoms with E-state index in [1.165, 1.54) is 18.5 Å². The van der Waals surface area contributed by atoms with Gasteiger partial charge in [0.25, 0.3) is 5.91 Å². The van der Waals surface area contributed by atoms with Gasteiger partial charge in [-0.2, -0.15) is 0 Å². The molecule has 0 atom stereocenters. The van der Waals surface area contributed by atoms with Crippen molar-refractivity contribution in [3.63, 3.8) is 0 Å². The van der Waals surface area contributed by atoms with Gasteiger partial charge in [-0.25, -0.2) is 4.79 Å². The Morgan fingerprint density at radius 2 is 1.88 bits per heavy atom. The van der Waals surface area contributed by atoms with Gasteiger partial charge in [-0.1, -0.05) is 0 Å². The van der Waals surface area contributed by atoms with E-state index in [0.717, 1.165) is 11.3 Å². The van der Waals surface area contributed by atoms with E-state index in [0.29, 0.717) is 10.6 Å². The summed E-state index contributed by atoms with van der Waals surface area (Å²) < 4.78 is 0. The van der Waals surface area contributed by atoms with E-state index < -0.39 is 5.97 Å². The number of hydrogen-bond acceptors (Lipinski definition) is 4. The van der Waals surface area contributed by atoms with Crippen LogP contribution in [-0.2, 0) is 0 Å². The Balaban J connectivity index is 2.11. The van der Waals surface area contributed by atoms with Crippen molar-refractivity contribution in [2.75, 3.05) is 5.32 Å². The number of carbonyl (C=O) groups is 2. The largest absolute Gasteiger partial charge is 0.477 e. The molecule has 0 fully saturated rings. The average Bonchev–Trinajstić information content (AvgIpc) is 2.79. The third kappa shape index (κ3) is 2.67. The van der Waals surface area contributed by atoms with Gasteiger partial charge in [0.2, 0.25) is 0 Å². The zero-order valence-electron chi connectivity index (χ0n) is 8.58. The number of aromatic carboxylic acids is 1. The highest BCUT2D eigenvalue weighted by Crippen LogP contribution is 2.22. The minimum Gasteiger partial charge on any atom is -0.477 e. The summed E-state index contributed by atoms with van der Waals surface area (Å²) in [5, 5.41) is 11.9. The molecule has 6 heteroatoms. The van der Waals surface area contributed by atoms with Crippen LogP contribution < -0.4 is 5.32 Å². The summed E-state index contributed by atoms with van der Waals surface area (Å²) in [6.45, 7) is 0. The summed E-state index contributed by atoms with van der Waals surface area (Å²) in [6.07, 6.45) is 3.04. The minimum atomic E-state index is -1.00. The van der Waals surface area contributed by atoms with Crippen LogP contribution in [0.15, 0.2) is 36.7 Å². The average molecular weight is 248 g/mol. The van der Waals surface area contributed by atoms with Gasteiger partial charge >= 0.3 is 5.97 Å². The minimum absolute atomic E-state index is 0.190. The third-order valence-electron chi connectivity index (χ3n) is 2.00. The number of thiophene rings is 1. The maximum Gasteiger partial charge on any atom is 0.345 e. The Bertz CT molecular complexity index is 551. The molecule has 0 saturated carbocycles. The maximum atomic E-state index is 11.7. The van der Waals surface area contributed by atoms with Gasteiger partial charge in [-0.15, -0.1) is 11.3 Å². The molecule has 86 valence electrons. The molecule has 2 N–H and O–H groups in total. The Hall–Kier alpha value is -2.21. The van der Waals surface area contributed by atoms with Crippen molar-refractivity contribution in [2.24, 2.45) is 0 Å². The first-order valence-corrected chi connectivity index (χ1v) is 5.53. The molecule has 2 heterocycles. The van der Waals surface area contributed by atoms with Crippen molar-refractivity contribution < 1.29 is 14.7 Å². The predicted molar refractivity (Wildman–Crippen MR) is 63.5 cm³/mol. The summed E-state index contributed by atoms with van der Waals surface area (Å²) in [7, 11) is 0. The number of carbonyl (C=O) groups excluding carboxylic acids is 1. The number of pyridine rings is 1. The fourth-order valence-corrected chi connectivity index (χ4v) is 1.95. The van der Waals surface area contributed by atoms with E-state index in [4.69, 9.17) is 5.11 Å². The van der Waals surface area contributed by atoms with Crippen LogP contribution in [0.2, 0.25) is 0 Å². The number of carboxylic acid groups (broad SMARTS) is 1. The molecule has 0 radical (unpaired) electrons. The van der Waals surface area contributed by atoms with Gasteiger partial charge in [-0.3, -0.25) is 9.78 Å². The van der Waals surface area contributed by atoms with Gasteiger partial charge in [0, 0.05) is 18.0 Å². The van der Waals surface area contributed by atoms with Crippen molar-refractivity contribution in [3.8, 4) is 0 Å². The van der Waals surface area contributed by atoms with Gasteiger partial charge in [-0.05, 0) is 24.3 Å². The van der Waals surface area contributed by atoms with Crippen molar-refractivity contribution in [1.82, 2.24) is 4.98 Å². The fourth-order valence-electron chi connectivity index (χ4n) is 1.21. The zero-order valence-corrected chi connectivity index (χ0v) is 9.40. The lowest BCUT2D eigenvalue weighted by Gasteiger charge is -2.00. The lowest BCUT2D eigenvalue weighted by molar-refractivity contribution is 0.0702. The number of nitrogens with zero attached hydrogens (tertiary/aromatic N) is 1. The molecule has 0 saturated heterocycles. The summed E-state index contributed by atoms with van der Waals surface area (Å²) in [6, 6.07) is 6.18. The van der Waals surface area contributed by atoms with Crippen LogP contribution in [0.5, 0.6) is 0 Å². The number of rotatable bonds is 3. The van der Waals surface area contributed by atoms with Crippen molar-refractivity contribution in [1.29, 1.82) is 0 Å². The Morgan fingerprint density at radius 3 is 2.47 bits per heavy atom. The number of anilines is 1. The molecule has 2 aromatic rings. The summed E-state index contributed by atoms with van der Waals surface area (Å²) in [4.78, 5) is 26.4. The molecular formula is C11H8N2O3S. The standard InChI is InChI=1S/C11H8N2O3S/c14-10(7-3-5-12-6-4-7)13-9-2-1-8(17-9)11(15)16/h1-6H,(H,13,14)(H,15,16). The Kier molecular flexibility index (Phi) is 3.15. The second-order valence-electron chi connectivity index (χ2n) is 3.16. The lowest BCUT2D eigenvalue weighted by atomic mass is 10.2. The number of nitrogens with one attached hydrogen (secondary N) is 1. The highest BCUT2D eigenvalue weighted by molar-refractivity contribution is 7.18. The summed E-state index contributed by atoms with van der Waals surface area (Å²) in [5.74, 6) is -1.29. The van der Waals surface area contributed by atoms with E-state index in [-0.39, 0.29) is 10.8 Å². The Morgan fingerprint density at radius 1 is 1.18 bits per heavy atom. The number of hydrogen-bond donors (Lipinski definition) is 2. The second-order valence-corrected chi connectivity index (χ2v) is 4.24. The lowest BCUT2D eigenvalue weighted by Crippen LogP contribution is -2.10. The first-order valence-electron chi connectivity index (χ1n) is 4.71. The van der Waals surface area contributed by atoms with Crippen LogP contribution in [0.1, 0.15) is 20.0 Å². The molecule has 0 aliphatic rings. The number of carboxylic acids is 1. The number of amides is 1. The molecule has 17 heavy (non-hydrogen) atoms. The molecule has 0 unspecified atom stereocenters. The smallest absolute Gasteiger partial charge is 0.345 e. The fraction of sp³-hybridized carbons (Fsp3) is 0. The van der Waals surface area contributed by atoms with Gasteiger partial charge in [0.1, 0.15) is 4.88 Å². The van der Waals surface area contributed by atoms with E-state index >= 15 is 0 Å². The molecule has 0 aliphatic heterocycles. The predicted octanol–water partition coefficient (Wildman–Crippen LogP) is 2.09. The van der Waals surface area contributed by atoms with Crippen LogP contribution in [-0.4, -0.2) is 22.0 Å². The van der Waals surface area contributed by atoms with Gasteiger partial charge in [0.15, 0.2) is 0 Å². The molecule has 1 amide bonds. The van der Waals surface area contributed by atoms with Crippen LogP contribution in [0.3, 0.4) is 0 Å². The highest BCUT2D eigenvalue weighted by atomic mass is 32.1. The monoisotopic (exact) mass is 248 g/mol. The molecule has 2 aromatic heterocycles. The number of aromatic nitrogens is 1. The molecule has 5 nitrogen and oxygen atoms in total. The molecule has 0 aliphatic carbocycles. The zero-order chi connectivity index (χ0) is 12.3.